The summed E-state index contributed by atoms with van der Waals surface area (Å²) in [6.45, 7) is 2.64. The molecule has 1 N–H and O–H groups in total. The van der Waals surface area contributed by atoms with Crippen LogP contribution < -0.4 is 15.0 Å². The highest BCUT2D eigenvalue weighted by Gasteiger charge is 2.38. The Bertz CT molecular complexity index is 1580. The Labute approximate surface area is 283 Å². The van der Waals surface area contributed by atoms with Crippen molar-refractivity contribution in [2.24, 2.45) is 17.8 Å². The summed E-state index contributed by atoms with van der Waals surface area (Å²) in [6, 6.07) is 8.19. The summed E-state index contributed by atoms with van der Waals surface area (Å²) in [5, 5.41) is 3.26. The number of oxazole rings is 1. The van der Waals surface area contributed by atoms with Gasteiger partial charge >= 0.3 is 0 Å². The Kier molecular flexibility index (Phi) is 9.80. The lowest BCUT2D eigenvalue weighted by Gasteiger charge is -2.37. The zero-order chi connectivity index (χ0) is 33.2. The Balaban J connectivity index is 1.03. The molecule has 3 aromatic rings. The van der Waals surface area contributed by atoms with Crippen molar-refractivity contribution in [3.8, 4) is 17.0 Å². The first-order chi connectivity index (χ1) is 23.4. The van der Waals surface area contributed by atoms with Crippen LogP contribution in [0.2, 0.25) is 0 Å². The van der Waals surface area contributed by atoms with Crippen LogP contribution in [0, 0.1) is 24.7 Å². The average Bonchev–Trinajstić information content (AvgIpc) is 3.82. The van der Waals surface area contributed by atoms with Gasteiger partial charge in [0.05, 0.1) is 18.9 Å². The van der Waals surface area contributed by atoms with Gasteiger partial charge in [-0.2, -0.15) is 0 Å². The quantitative estimate of drug-likeness (QED) is 0.242. The van der Waals surface area contributed by atoms with E-state index < -0.39 is 0 Å². The molecule has 3 aromatic heterocycles. The maximum atomic E-state index is 14.4. The van der Waals surface area contributed by atoms with Gasteiger partial charge in [-0.15, -0.1) is 0 Å². The highest BCUT2D eigenvalue weighted by atomic mass is 16.5. The van der Waals surface area contributed by atoms with E-state index in [4.69, 9.17) is 28.8 Å². The fourth-order valence-electron chi connectivity index (χ4n) is 7.87. The lowest BCUT2D eigenvalue weighted by atomic mass is 9.79. The first-order valence-electron chi connectivity index (χ1n) is 18.0. The topological polar surface area (TPSA) is 120 Å². The van der Waals surface area contributed by atoms with Crippen LogP contribution in [0.4, 0.5) is 5.82 Å². The lowest BCUT2D eigenvalue weighted by Crippen LogP contribution is -2.48. The van der Waals surface area contributed by atoms with Crippen LogP contribution in [0.5, 0.6) is 5.75 Å². The second kappa shape index (κ2) is 14.4. The van der Waals surface area contributed by atoms with Gasteiger partial charge < -0.3 is 19.2 Å². The number of hydrogen-bond donors (Lipinski definition) is 1. The first-order valence-corrected chi connectivity index (χ1v) is 18.0. The van der Waals surface area contributed by atoms with Crippen molar-refractivity contribution in [2.45, 2.75) is 108 Å². The number of methoxy groups -OCH3 is 2. The third kappa shape index (κ3) is 7.28. The number of anilines is 1. The molecule has 10 heteroatoms. The Morgan fingerprint density at radius 1 is 0.917 bits per heavy atom. The molecule has 0 aliphatic heterocycles. The number of ether oxygens (including phenoxy) is 2. The van der Waals surface area contributed by atoms with Crippen molar-refractivity contribution >= 4 is 17.6 Å². The predicted octanol–water partition coefficient (Wildman–Crippen LogP) is 6.73. The molecule has 0 bridgehead atoms. The van der Waals surface area contributed by atoms with Crippen molar-refractivity contribution in [3.63, 3.8) is 0 Å². The van der Waals surface area contributed by atoms with Gasteiger partial charge in [0.25, 0.3) is 0 Å². The van der Waals surface area contributed by atoms with Crippen LogP contribution in [-0.2, 0) is 14.3 Å². The average molecular weight is 656 g/mol. The minimum absolute atomic E-state index is 0.0489. The minimum Gasteiger partial charge on any atom is -0.495 e. The fourth-order valence-corrected chi connectivity index (χ4v) is 7.87. The van der Waals surface area contributed by atoms with E-state index in [2.05, 4.69) is 11.4 Å². The summed E-state index contributed by atoms with van der Waals surface area (Å²) < 4.78 is 16.6. The molecule has 0 radical (unpaired) electrons. The molecular formula is C38H49N5O5. The highest BCUT2D eigenvalue weighted by molar-refractivity contribution is 5.94. The van der Waals surface area contributed by atoms with Gasteiger partial charge in [0.1, 0.15) is 23.5 Å². The summed E-state index contributed by atoms with van der Waals surface area (Å²) in [4.78, 5) is 43.5. The standard InChI is InChI=1S/C38H49N5O5/c1-23-34(47-3)15-14-32(40-23)25-6-4-24(5-7-25)21-43(35-20-28(16-17-39-35)33-22-48-37(42-33)26-8-9-26)38(45)27-10-12-30(13-11-27)41-36(44)29-18-31(19-29)46-2/h14-17,20,22,24-27,29-31H,4-13,18-19,21H2,1-3H3,(H,41,44)/t24-,25-,27-,29?,30-,31?. The Morgan fingerprint density at radius 3 is 2.35 bits per heavy atom. The first kappa shape index (κ1) is 32.7. The normalized spacial score (nSPS) is 27.1. The van der Waals surface area contributed by atoms with Gasteiger partial charge in [0, 0.05) is 60.8 Å². The van der Waals surface area contributed by atoms with Crippen LogP contribution in [0.15, 0.2) is 41.1 Å². The summed E-state index contributed by atoms with van der Waals surface area (Å²) in [6.07, 6.45) is 14.8. The number of carbonyl (C=O) groups excluding carboxylic acids is 2. The smallest absolute Gasteiger partial charge is 0.231 e. The lowest BCUT2D eigenvalue weighted by molar-refractivity contribution is -0.133. The van der Waals surface area contributed by atoms with Gasteiger partial charge in [-0.05, 0) is 114 Å². The predicted molar refractivity (Wildman–Crippen MR) is 182 cm³/mol. The molecule has 4 aliphatic rings. The second-order valence-electron chi connectivity index (χ2n) is 14.5. The van der Waals surface area contributed by atoms with Crippen molar-refractivity contribution in [3.05, 3.63) is 54.0 Å². The molecule has 0 atom stereocenters. The third-order valence-electron chi connectivity index (χ3n) is 11.2. The van der Waals surface area contributed by atoms with Gasteiger partial charge in [-0.1, -0.05) is 0 Å². The number of pyridine rings is 2. The number of nitrogens with zero attached hydrogens (tertiary/aromatic N) is 4. The molecule has 2 amide bonds. The van der Waals surface area contributed by atoms with E-state index >= 15 is 0 Å². The van der Waals surface area contributed by atoms with Gasteiger partial charge in [0.2, 0.25) is 11.8 Å². The van der Waals surface area contributed by atoms with Crippen LogP contribution in [0.25, 0.3) is 11.3 Å². The third-order valence-corrected chi connectivity index (χ3v) is 11.2. The summed E-state index contributed by atoms with van der Waals surface area (Å²) in [5.74, 6) is 3.74. The molecule has 0 saturated heterocycles. The number of carbonyl (C=O) groups is 2. The van der Waals surface area contributed by atoms with Crippen molar-refractivity contribution in [1.29, 1.82) is 0 Å². The van der Waals surface area contributed by atoms with E-state index in [0.29, 0.717) is 30.1 Å². The summed E-state index contributed by atoms with van der Waals surface area (Å²) >= 11 is 0. The highest BCUT2D eigenvalue weighted by Crippen LogP contribution is 2.41. The molecule has 0 aromatic carbocycles. The number of aromatic nitrogens is 3. The molecule has 10 nitrogen and oxygen atoms in total. The van der Waals surface area contributed by atoms with Crippen LogP contribution in [0.1, 0.15) is 106 Å². The van der Waals surface area contributed by atoms with Gasteiger partial charge in [0.15, 0.2) is 5.89 Å². The zero-order valence-corrected chi connectivity index (χ0v) is 28.5. The molecule has 48 heavy (non-hydrogen) atoms. The molecule has 0 spiro atoms. The zero-order valence-electron chi connectivity index (χ0n) is 28.5. The van der Waals surface area contributed by atoms with E-state index in [-0.39, 0.29) is 35.8 Å². The molecule has 4 fully saturated rings. The van der Waals surface area contributed by atoms with E-state index in [0.717, 1.165) is 111 Å². The fraction of sp³-hybridized carbons (Fsp3) is 0.605. The van der Waals surface area contributed by atoms with Crippen molar-refractivity contribution in [2.75, 3.05) is 25.7 Å². The van der Waals surface area contributed by atoms with E-state index in [1.807, 2.05) is 30.0 Å². The van der Waals surface area contributed by atoms with Gasteiger partial charge in [-0.25, -0.2) is 9.97 Å². The number of rotatable bonds is 11. The summed E-state index contributed by atoms with van der Waals surface area (Å²) in [5.41, 5.74) is 3.76. The largest absolute Gasteiger partial charge is 0.495 e. The number of amides is 2. The van der Waals surface area contributed by atoms with Crippen molar-refractivity contribution < 1.29 is 23.5 Å². The van der Waals surface area contributed by atoms with E-state index in [9.17, 15) is 9.59 Å². The van der Waals surface area contributed by atoms with E-state index in [1.165, 1.54) is 0 Å². The molecule has 7 rings (SSSR count). The molecule has 4 saturated carbocycles. The van der Waals surface area contributed by atoms with E-state index in [1.54, 1.807) is 26.7 Å². The molecule has 4 aliphatic carbocycles. The SMILES string of the molecule is COc1ccc([C@H]2CC[C@H](CN(c3cc(-c4coc(C5CC5)n4)ccn3)C(=O)[C@H]3CC[C@H](NC(=O)C4CC(OC)C4)CC3)CC2)nc1C. The molecule has 256 valence electrons. The van der Waals surface area contributed by atoms with Crippen LogP contribution in [0.3, 0.4) is 0 Å². The Hall–Kier alpha value is -3.79. The molecular weight excluding hydrogens is 606 g/mol. The van der Waals surface area contributed by atoms with Crippen LogP contribution >= 0.6 is 0 Å². The number of hydrogen-bond acceptors (Lipinski definition) is 8. The molecule has 3 heterocycles. The summed E-state index contributed by atoms with van der Waals surface area (Å²) in [7, 11) is 3.39. The van der Waals surface area contributed by atoms with Crippen molar-refractivity contribution in [1.82, 2.24) is 20.3 Å². The minimum atomic E-state index is -0.0958. The number of aryl methyl sites for hydroxylation is 1. The maximum Gasteiger partial charge on any atom is 0.231 e. The second-order valence-corrected chi connectivity index (χ2v) is 14.5. The monoisotopic (exact) mass is 655 g/mol. The Morgan fingerprint density at radius 2 is 1.67 bits per heavy atom. The van der Waals surface area contributed by atoms with Gasteiger partial charge in [-0.3, -0.25) is 19.5 Å². The van der Waals surface area contributed by atoms with Crippen LogP contribution in [-0.4, -0.2) is 59.7 Å². The number of nitrogens with one attached hydrogen (secondary N) is 1. The molecule has 0 unspecified atom stereocenters. The maximum absolute atomic E-state index is 14.4.